The van der Waals surface area contributed by atoms with Crippen LogP contribution in [-0.2, 0) is 6.42 Å². The molecular formula is C14H22ClNO. The number of methoxy groups -OCH3 is 1. The van der Waals surface area contributed by atoms with Gasteiger partial charge in [0.1, 0.15) is 5.75 Å². The van der Waals surface area contributed by atoms with Crippen molar-refractivity contribution in [3.8, 4) is 5.75 Å². The summed E-state index contributed by atoms with van der Waals surface area (Å²) in [5.41, 5.74) is 2.68. The quantitative estimate of drug-likeness (QED) is 0.897. The molecule has 17 heavy (non-hydrogen) atoms. The molecule has 1 atom stereocenters. The lowest BCUT2D eigenvalue weighted by atomic mass is 9.92. The highest BCUT2D eigenvalue weighted by Gasteiger charge is 2.13. The summed E-state index contributed by atoms with van der Waals surface area (Å²) in [6.45, 7) is 4.48. The van der Waals surface area contributed by atoms with Gasteiger partial charge in [-0.1, -0.05) is 12.1 Å². The van der Waals surface area contributed by atoms with Gasteiger partial charge < -0.3 is 10.1 Å². The molecule has 0 spiro atoms. The van der Waals surface area contributed by atoms with Crippen LogP contribution >= 0.6 is 12.4 Å². The zero-order chi connectivity index (χ0) is 11.4. The summed E-state index contributed by atoms with van der Waals surface area (Å²) in [5.74, 6) is 1.80. The predicted molar refractivity (Wildman–Crippen MR) is 74.3 cm³/mol. The Labute approximate surface area is 110 Å². The first kappa shape index (κ1) is 14.3. The molecule has 1 aromatic carbocycles. The smallest absolute Gasteiger partial charge is 0.121 e. The summed E-state index contributed by atoms with van der Waals surface area (Å²) in [4.78, 5) is 0. The Kier molecular flexibility index (Phi) is 5.79. The fourth-order valence-corrected chi connectivity index (χ4v) is 2.50. The number of hydrogen-bond acceptors (Lipinski definition) is 2. The van der Waals surface area contributed by atoms with Crippen LogP contribution in [0, 0.1) is 12.8 Å². The normalized spacial score (nSPS) is 19.5. The molecule has 0 aliphatic carbocycles. The van der Waals surface area contributed by atoms with Gasteiger partial charge in [-0.25, -0.2) is 0 Å². The maximum atomic E-state index is 5.28. The van der Waals surface area contributed by atoms with Gasteiger partial charge in [-0.2, -0.15) is 0 Å². The van der Waals surface area contributed by atoms with Crippen LogP contribution < -0.4 is 10.1 Å². The summed E-state index contributed by atoms with van der Waals surface area (Å²) in [6.07, 6.45) is 3.87. The van der Waals surface area contributed by atoms with Crippen molar-refractivity contribution in [2.75, 3.05) is 20.2 Å². The predicted octanol–water partition coefficient (Wildman–Crippen LogP) is 2.97. The van der Waals surface area contributed by atoms with Crippen LogP contribution in [0.4, 0.5) is 0 Å². The molecule has 1 aliphatic heterocycles. The Bertz CT molecular complexity index is 348. The Balaban J connectivity index is 0.00000144. The SMILES string of the molecule is COc1ccc(CC2CCCNC2)cc1C.Cl. The Morgan fingerprint density at radius 3 is 2.82 bits per heavy atom. The molecule has 0 radical (unpaired) electrons. The van der Waals surface area contributed by atoms with Crippen LogP contribution in [-0.4, -0.2) is 20.2 Å². The van der Waals surface area contributed by atoms with Gasteiger partial charge in [-0.15, -0.1) is 12.4 Å². The van der Waals surface area contributed by atoms with Crippen LogP contribution in [0.2, 0.25) is 0 Å². The van der Waals surface area contributed by atoms with Crippen molar-refractivity contribution in [1.29, 1.82) is 0 Å². The first-order chi connectivity index (χ1) is 7.79. The molecule has 1 fully saturated rings. The van der Waals surface area contributed by atoms with Crippen molar-refractivity contribution < 1.29 is 4.74 Å². The monoisotopic (exact) mass is 255 g/mol. The van der Waals surface area contributed by atoms with Crippen LogP contribution in [0.25, 0.3) is 0 Å². The van der Waals surface area contributed by atoms with E-state index < -0.39 is 0 Å². The van der Waals surface area contributed by atoms with Crippen LogP contribution in [0.3, 0.4) is 0 Å². The summed E-state index contributed by atoms with van der Waals surface area (Å²) >= 11 is 0. The summed E-state index contributed by atoms with van der Waals surface area (Å²) < 4.78 is 5.28. The molecule has 1 unspecified atom stereocenters. The summed E-state index contributed by atoms with van der Waals surface area (Å²) in [7, 11) is 1.73. The van der Waals surface area contributed by atoms with E-state index in [1.165, 1.54) is 43.5 Å². The first-order valence-corrected chi connectivity index (χ1v) is 6.14. The van der Waals surface area contributed by atoms with Crippen molar-refractivity contribution in [2.24, 2.45) is 5.92 Å². The third-order valence-electron chi connectivity index (χ3n) is 3.38. The van der Waals surface area contributed by atoms with Gasteiger partial charge in [-0.3, -0.25) is 0 Å². The molecule has 0 aromatic heterocycles. The standard InChI is InChI=1S/C14H21NO.ClH/c1-11-8-12(5-6-14(11)16-2)9-13-4-3-7-15-10-13;/h5-6,8,13,15H,3-4,7,9-10H2,1-2H3;1H. The molecule has 0 bridgehead atoms. The first-order valence-electron chi connectivity index (χ1n) is 6.14. The lowest BCUT2D eigenvalue weighted by Crippen LogP contribution is -2.30. The number of benzene rings is 1. The van der Waals surface area contributed by atoms with Crippen LogP contribution in [0.5, 0.6) is 5.75 Å². The van der Waals surface area contributed by atoms with Gasteiger partial charge in [0.15, 0.2) is 0 Å². The lowest BCUT2D eigenvalue weighted by Gasteiger charge is -2.23. The average Bonchev–Trinajstić information content (AvgIpc) is 2.31. The molecule has 3 heteroatoms. The van der Waals surface area contributed by atoms with E-state index in [0.717, 1.165) is 11.7 Å². The average molecular weight is 256 g/mol. The minimum atomic E-state index is 0. The largest absolute Gasteiger partial charge is 0.496 e. The van der Waals surface area contributed by atoms with E-state index >= 15 is 0 Å². The van der Waals surface area contributed by atoms with E-state index in [1.54, 1.807) is 7.11 Å². The van der Waals surface area contributed by atoms with E-state index in [9.17, 15) is 0 Å². The van der Waals surface area contributed by atoms with Gasteiger partial charge in [-0.05, 0) is 62.4 Å². The second-order valence-electron chi connectivity index (χ2n) is 4.72. The van der Waals surface area contributed by atoms with Crippen LogP contribution in [0.15, 0.2) is 18.2 Å². The molecule has 96 valence electrons. The topological polar surface area (TPSA) is 21.3 Å². The van der Waals surface area contributed by atoms with E-state index in [-0.39, 0.29) is 12.4 Å². The highest BCUT2D eigenvalue weighted by Crippen LogP contribution is 2.22. The van der Waals surface area contributed by atoms with Crippen LogP contribution in [0.1, 0.15) is 24.0 Å². The highest BCUT2D eigenvalue weighted by atomic mass is 35.5. The van der Waals surface area contributed by atoms with E-state index in [0.29, 0.717) is 0 Å². The van der Waals surface area contributed by atoms with Crippen molar-refractivity contribution in [3.05, 3.63) is 29.3 Å². The highest BCUT2D eigenvalue weighted by molar-refractivity contribution is 5.85. The maximum Gasteiger partial charge on any atom is 0.121 e. The summed E-state index contributed by atoms with van der Waals surface area (Å²) in [5, 5.41) is 3.47. The minimum Gasteiger partial charge on any atom is -0.496 e. The third kappa shape index (κ3) is 3.90. The molecule has 2 rings (SSSR count). The van der Waals surface area contributed by atoms with Gasteiger partial charge >= 0.3 is 0 Å². The molecule has 1 aliphatic rings. The minimum absolute atomic E-state index is 0. The lowest BCUT2D eigenvalue weighted by molar-refractivity contribution is 0.375. The second-order valence-corrected chi connectivity index (χ2v) is 4.72. The summed E-state index contributed by atoms with van der Waals surface area (Å²) in [6, 6.07) is 6.54. The van der Waals surface area contributed by atoms with Crippen molar-refractivity contribution in [2.45, 2.75) is 26.2 Å². The fourth-order valence-electron chi connectivity index (χ4n) is 2.50. The zero-order valence-electron chi connectivity index (χ0n) is 10.7. The fraction of sp³-hybridized carbons (Fsp3) is 0.571. The molecule has 0 amide bonds. The number of halogens is 1. The second kappa shape index (κ2) is 6.87. The van der Waals surface area contributed by atoms with Crippen molar-refractivity contribution in [1.82, 2.24) is 5.32 Å². The van der Waals surface area contributed by atoms with Gasteiger partial charge in [0.25, 0.3) is 0 Å². The molecular weight excluding hydrogens is 234 g/mol. The Hall–Kier alpha value is -0.730. The molecule has 1 saturated heterocycles. The van der Waals surface area contributed by atoms with Crippen molar-refractivity contribution >= 4 is 12.4 Å². The van der Waals surface area contributed by atoms with Gasteiger partial charge in [0.2, 0.25) is 0 Å². The number of piperidine rings is 1. The maximum absolute atomic E-state index is 5.28. The number of hydrogen-bond donors (Lipinski definition) is 1. The molecule has 1 N–H and O–H groups in total. The van der Waals surface area contributed by atoms with Gasteiger partial charge in [0, 0.05) is 0 Å². The molecule has 0 saturated carbocycles. The van der Waals surface area contributed by atoms with E-state index in [4.69, 9.17) is 4.74 Å². The number of nitrogens with one attached hydrogen (secondary N) is 1. The zero-order valence-corrected chi connectivity index (χ0v) is 11.5. The van der Waals surface area contributed by atoms with E-state index in [2.05, 4.69) is 30.4 Å². The third-order valence-corrected chi connectivity index (χ3v) is 3.38. The number of ether oxygens (including phenoxy) is 1. The molecule has 1 heterocycles. The Morgan fingerprint density at radius 1 is 1.41 bits per heavy atom. The number of rotatable bonds is 3. The molecule has 1 aromatic rings. The Morgan fingerprint density at radius 2 is 2.24 bits per heavy atom. The van der Waals surface area contributed by atoms with E-state index in [1.807, 2.05) is 0 Å². The van der Waals surface area contributed by atoms with Gasteiger partial charge in [0.05, 0.1) is 7.11 Å². The van der Waals surface area contributed by atoms with Crippen molar-refractivity contribution in [3.63, 3.8) is 0 Å². The molecule has 2 nitrogen and oxygen atoms in total. The number of aryl methyl sites for hydroxylation is 1.